The minimum absolute atomic E-state index is 0.0515. The number of aromatic nitrogens is 1. The summed E-state index contributed by atoms with van der Waals surface area (Å²) >= 11 is 0. The van der Waals surface area contributed by atoms with Crippen molar-refractivity contribution >= 4 is 5.91 Å². The van der Waals surface area contributed by atoms with Crippen LogP contribution in [0.1, 0.15) is 42.5 Å². The third-order valence-electron chi connectivity index (χ3n) is 5.08. The van der Waals surface area contributed by atoms with Crippen LogP contribution in [0.3, 0.4) is 0 Å². The average molecular weight is 384 g/mol. The normalized spacial score (nSPS) is 15.3. The molecule has 0 aliphatic heterocycles. The van der Waals surface area contributed by atoms with Gasteiger partial charge in [-0.05, 0) is 42.7 Å². The summed E-state index contributed by atoms with van der Waals surface area (Å²) in [6, 6.07) is 9.59. The number of benzene rings is 1. The predicted molar refractivity (Wildman–Crippen MR) is 107 cm³/mol. The molecule has 1 aromatic heterocycles. The van der Waals surface area contributed by atoms with E-state index in [0.29, 0.717) is 28.8 Å². The van der Waals surface area contributed by atoms with Gasteiger partial charge in [-0.25, -0.2) is 0 Å². The van der Waals surface area contributed by atoms with E-state index in [-0.39, 0.29) is 12.3 Å². The first-order chi connectivity index (χ1) is 13.7. The van der Waals surface area contributed by atoms with Crippen LogP contribution in [0.5, 0.6) is 17.2 Å². The summed E-state index contributed by atoms with van der Waals surface area (Å²) in [5, 5.41) is 0. The van der Waals surface area contributed by atoms with E-state index >= 15 is 0 Å². The second kappa shape index (κ2) is 9.44. The summed E-state index contributed by atoms with van der Waals surface area (Å²) in [4.78, 5) is 17.9. The highest BCUT2D eigenvalue weighted by Gasteiger charge is 2.16. The Morgan fingerprint density at radius 3 is 2.32 bits per heavy atom. The molecule has 0 unspecified atom stereocenters. The fraction of sp³-hybridized carbons (Fsp3) is 0.455. The quantitative estimate of drug-likeness (QED) is 0.763. The second-order valence-corrected chi connectivity index (χ2v) is 6.95. The van der Waals surface area contributed by atoms with Crippen molar-refractivity contribution in [1.82, 2.24) is 4.57 Å². The van der Waals surface area contributed by atoms with Crippen LogP contribution in [-0.2, 0) is 6.42 Å². The van der Waals surface area contributed by atoms with Crippen molar-refractivity contribution in [2.24, 2.45) is 4.99 Å². The molecule has 6 heteroatoms. The molecule has 1 fully saturated rings. The average Bonchev–Trinajstić information content (AvgIpc) is 2.74. The van der Waals surface area contributed by atoms with Gasteiger partial charge in [0, 0.05) is 6.20 Å². The number of hydrogen-bond donors (Lipinski definition) is 0. The number of hydrogen-bond acceptors (Lipinski definition) is 5. The summed E-state index contributed by atoms with van der Waals surface area (Å²) in [7, 11) is 4.69. The molecule has 1 saturated carbocycles. The van der Waals surface area contributed by atoms with Crippen LogP contribution in [0.4, 0.5) is 0 Å². The van der Waals surface area contributed by atoms with Gasteiger partial charge in [-0.1, -0.05) is 25.3 Å². The SMILES string of the molecule is COc1cc(CC(=O)n2ccccc2=NC2CCCCC2)cc(OC)c1OC. The van der Waals surface area contributed by atoms with Crippen molar-refractivity contribution < 1.29 is 19.0 Å². The van der Waals surface area contributed by atoms with Gasteiger partial charge in [0.1, 0.15) is 5.49 Å². The van der Waals surface area contributed by atoms with Gasteiger partial charge in [-0.15, -0.1) is 0 Å². The van der Waals surface area contributed by atoms with Gasteiger partial charge >= 0.3 is 0 Å². The van der Waals surface area contributed by atoms with E-state index < -0.39 is 0 Å². The first-order valence-electron chi connectivity index (χ1n) is 9.70. The number of nitrogens with zero attached hydrogens (tertiary/aromatic N) is 2. The number of carbonyl (C=O) groups excluding carboxylic acids is 1. The molecule has 28 heavy (non-hydrogen) atoms. The van der Waals surface area contributed by atoms with Crippen molar-refractivity contribution in [1.29, 1.82) is 0 Å². The zero-order chi connectivity index (χ0) is 19.9. The monoisotopic (exact) mass is 384 g/mol. The van der Waals surface area contributed by atoms with Gasteiger partial charge in [0.15, 0.2) is 11.5 Å². The Balaban J connectivity index is 1.89. The summed E-state index contributed by atoms with van der Waals surface area (Å²) in [5.41, 5.74) is 1.51. The maximum absolute atomic E-state index is 13.0. The summed E-state index contributed by atoms with van der Waals surface area (Å²) in [5.74, 6) is 1.54. The van der Waals surface area contributed by atoms with Crippen molar-refractivity contribution in [2.45, 2.75) is 44.6 Å². The van der Waals surface area contributed by atoms with Crippen molar-refractivity contribution in [3.63, 3.8) is 0 Å². The maximum Gasteiger partial charge on any atom is 0.236 e. The molecule has 6 nitrogen and oxygen atoms in total. The Bertz CT molecular complexity index is 857. The van der Waals surface area contributed by atoms with E-state index in [1.807, 2.05) is 18.2 Å². The van der Waals surface area contributed by atoms with Gasteiger partial charge in [0.25, 0.3) is 0 Å². The van der Waals surface area contributed by atoms with E-state index in [2.05, 4.69) is 0 Å². The van der Waals surface area contributed by atoms with Gasteiger partial charge < -0.3 is 14.2 Å². The highest BCUT2D eigenvalue weighted by atomic mass is 16.5. The van der Waals surface area contributed by atoms with Crippen LogP contribution < -0.4 is 19.7 Å². The zero-order valence-electron chi connectivity index (χ0n) is 16.8. The molecular formula is C22H28N2O4. The number of methoxy groups -OCH3 is 3. The molecule has 0 N–H and O–H groups in total. The van der Waals surface area contributed by atoms with Crippen LogP contribution in [0.15, 0.2) is 41.5 Å². The molecule has 1 aliphatic carbocycles. The molecule has 0 amide bonds. The van der Waals surface area contributed by atoms with E-state index in [4.69, 9.17) is 19.2 Å². The molecule has 3 rings (SSSR count). The molecule has 0 spiro atoms. The fourth-order valence-corrected chi connectivity index (χ4v) is 3.64. The Hall–Kier alpha value is -2.76. The Labute approximate surface area is 165 Å². The zero-order valence-corrected chi connectivity index (χ0v) is 16.8. The smallest absolute Gasteiger partial charge is 0.236 e. The van der Waals surface area contributed by atoms with Crippen LogP contribution in [0.25, 0.3) is 0 Å². The van der Waals surface area contributed by atoms with Crippen molar-refractivity contribution in [3.05, 3.63) is 47.6 Å². The highest BCUT2D eigenvalue weighted by molar-refractivity contribution is 5.81. The lowest BCUT2D eigenvalue weighted by molar-refractivity contribution is 0.0908. The number of carbonyl (C=O) groups is 1. The van der Waals surface area contributed by atoms with Crippen molar-refractivity contribution in [2.75, 3.05) is 21.3 Å². The molecule has 150 valence electrons. The highest BCUT2D eigenvalue weighted by Crippen LogP contribution is 2.38. The summed E-state index contributed by atoms with van der Waals surface area (Å²) in [6.45, 7) is 0. The Morgan fingerprint density at radius 1 is 1.04 bits per heavy atom. The standard InChI is InChI=1S/C22H28N2O4/c1-26-18-13-16(14-19(27-2)22(18)28-3)15-21(25)24-12-8-7-11-20(24)23-17-9-5-4-6-10-17/h7-8,11-14,17H,4-6,9-10,15H2,1-3H3. The Morgan fingerprint density at radius 2 is 1.71 bits per heavy atom. The molecule has 2 aromatic rings. The third-order valence-corrected chi connectivity index (χ3v) is 5.08. The van der Waals surface area contributed by atoms with Crippen molar-refractivity contribution in [3.8, 4) is 17.2 Å². The van der Waals surface area contributed by atoms with Gasteiger partial charge in [-0.2, -0.15) is 0 Å². The van der Waals surface area contributed by atoms with Crippen LogP contribution >= 0.6 is 0 Å². The topological polar surface area (TPSA) is 62.1 Å². The molecule has 0 radical (unpaired) electrons. The maximum atomic E-state index is 13.0. The minimum Gasteiger partial charge on any atom is -0.493 e. The first kappa shape index (κ1) is 20.0. The third kappa shape index (κ3) is 4.55. The van der Waals surface area contributed by atoms with E-state index in [1.165, 1.54) is 19.3 Å². The van der Waals surface area contributed by atoms with Gasteiger partial charge in [0.05, 0.1) is 33.8 Å². The molecule has 0 saturated heterocycles. The number of rotatable bonds is 6. The van der Waals surface area contributed by atoms with E-state index in [0.717, 1.165) is 18.4 Å². The fourth-order valence-electron chi connectivity index (χ4n) is 3.64. The number of pyridine rings is 1. The van der Waals surface area contributed by atoms with E-state index in [9.17, 15) is 4.79 Å². The molecule has 1 aliphatic rings. The molecule has 1 heterocycles. The summed E-state index contributed by atoms with van der Waals surface area (Å²) in [6.07, 6.45) is 7.87. The first-order valence-corrected chi connectivity index (χ1v) is 9.70. The summed E-state index contributed by atoms with van der Waals surface area (Å²) < 4.78 is 17.8. The van der Waals surface area contributed by atoms with E-state index in [1.54, 1.807) is 44.2 Å². The lowest BCUT2D eigenvalue weighted by Crippen LogP contribution is -2.29. The van der Waals surface area contributed by atoms with Crippen LogP contribution in [0, 0.1) is 0 Å². The lowest BCUT2D eigenvalue weighted by Gasteiger charge is -2.18. The molecule has 0 atom stereocenters. The second-order valence-electron chi connectivity index (χ2n) is 6.95. The number of ether oxygens (including phenoxy) is 3. The van der Waals surface area contributed by atoms with Gasteiger partial charge in [-0.3, -0.25) is 14.4 Å². The minimum atomic E-state index is -0.0515. The lowest BCUT2D eigenvalue weighted by atomic mass is 9.96. The molecule has 1 aromatic carbocycles. The molecular weight excluding hydrogens is 356 g/mol. The Kier molecular flexibility index (Phi) is 6.74. The van der Waals surface area contributed by atoms with Crippen LogP contribution in [0.2, 0.25) is 0 Å². The predicted octanol–water partition coefficient (Wildman–Crippen LogP) is 3.63. The molecule has 0 bridgehead atoms. The van der Waals surface area contributed by atoms with Crippen LogP contribution in [-0.4, -0.2) is 37.8 Å². The van der Waals surface area contributed by atoms with Gasteiger partial charge in [0.2, 0.25) is 11.7 Å². The largest absolute Gasteiger partial charge is 0.493 e.